The van der Waals surface area contributed by atoms with Crippen LogP contribution >= 0.6 is 10.7 Å². The summed E-state index contributed by atoms with van der Waals surface area (Å²) in [4.78, 5) is 2.17. The number of nitrogens with zero attached hydrogens (tertiary/aromatic N) is 1. The first kappa shape index (κ1) is 15.2. The molecule has 0 rings (SSSR count). The lowest BCUT2D eigenvalue weighted by atomic mass is 10.3. The van der Waals surface area contributed by atoms with Gasteiger partial charge < -0.3 is 4.74 Å². The molecule has 0 aromatic carbocycles. The van der Waals surface area contributed by atoms with Gasteiger partial charge in [0.05, 0.1) is 12.4 Å². The minimum Gasteiger partial charge on any atom is -0.383 e. The average molecular weight is 258 g/mol. The van der Waals surface area contributed by atoms with Gasteiger partial charge in [-0.3, -0.25) is 4.90 Å². The van der Waals surface area contributed by atoms with Gasteiger partial charge in [0, 0.05) is 23.8 Å². The average Bonchev–Trinajstić information content (AvgIpc) is 2.11. The lowest BCUT2D eigenvalue weighted by molar-refractivity contribution is 0.103. The minimum atomic E-state index is -3.35. The molecule has 0 amide bonds. The molecule has 1 atom stereocenters. The summed E-state index contributed by atoms with van der Waals surface area (Å²) in [5.74, 6) is 0.0325. The summed E-state index contributed by atoms with van der Waals surface area (Å²) in [5.41, 5.74) is 0. The quantitative estimate of drug-likeness (QED) is 0.615. The van der Waals surface area contributed by atoms with Crippen molar-refractivity contribution in [1.82, 2.24) is 4.90 Å². The van der Waals surface area contributed by atoms with Crippen molar-refractivity contribution in [2.75, 3.05) is 32.6 Å². The van der Waals surface area contributed by atoms with Gasteiger partial charge in [0.2, 0.25) is 9.05 Å². The van der Waals surface area contributed by atoms with Gasteiger partial charge in [-0.25, -0.2) is 8.42 Å². The molecule has 4 nitrogen and oxygen atoms in total. The Morgan fingerprint density at radius 3 is 2.47 bits per heavy atom. The van der Waals surface area contributed by atoms with Crippen LogP contribution in [-0.4, -0.2) is 51.9 Å². The maximum atomic E-state index is 10.7. The van der Waals surface area contributed by atoms with E-state index in [0.29, 0.717) is 19.1 Å². The highest BCUT2D eigenvalue weighted by Gasteiger charge is 2.12. The van der Waals surface area contributed by atoms with Gasteiger partial charge in [-0.2, -0.15) is 0 Å². The Bertz CT molecular complexity index is 256. The van der Waals surface area contributed by atoms with Crippen molar-refractivity contribution < 1.29 is 13.2 Å². The van der Waals surface area contributed by atoms with Gasteiger partial charge in [-0.1, -0.05) is 6.92 Å². The molecule has 15 heavy (non-hydrogen) atoms. The zero-order chi connectivity index (χ0) is 11.9. The first-order valence-electron chi connectivity index (χ1n) is 5.06. The lowest BCUT2D eigenvalue weighted by Gasteiger charge is -2.26. The van der Waals surface area contributed by atoms with Crippen LogP contribution < -0.4 is 0 Å². The van der Waals surface area contributed by atoms with Gasteiger partial charge in [0.15, 0.2) is 0 Å². The van der Waals surface area contributed by atoms with E-state index in [1.807, 2.05) is 6.92 Å². The third-order valence-electron chi connectivity index (χ3n) is 2.27. The molecule has 0 fully saturated rings. The van der Waals surface area contributed by atoms with E-state index in [9.17, 15) is 8.42 Å². The monoisotopic (exact) mass is 257 g/mol. The van der Waals surface area contributed by atoms with E-state index in [-0.39, 0.29) is 5.75 Å². The molecule has 0 spiro atoms. The summed E-state index contributed by atoms with van der Waals surface area (Å²) in [6.45, 7) is 6.37. The smallest absolute Gasteiger partial charge is 0.232 e. The number of hydrogen-bond acceptors (Lipinski definition) is 4. The molecule has 0 saturated carbocycles. The Hall–Kier alpha value is 0.160. The lowest BCUT2D eigenvalue weighted by Crippen LogP contribution is -2.37. The first-order chi connectivity index (χ1) is 6.90. The van der Waals surface area contributed by atoms with Crippen LogP contribution in [0.2, 0.25) is 0 Å². The highest BCUT2D eigenvalue weighted by Crippen LogP contribution is 2.04. The van der Waals surface area contributed by atoms with E-state index in [1.54, 1.807) is 7.11 Å². The molecule has 1 unspecified atom stereocenters. The van der Waals surface area contributed by atoms with E-state index in [1.165, 1.54) is 0 Å². The molecule has 0 aromatic rings. The molecule has 0 heterocycles. The number of likely N-dealkylation sites (N-methyl/N-ethyl adjacent to an activating group) is 1. The van der Waals surface area contributed by atoms with E-state index in [4.69, 9.17) is 15.4 Å². The summed E-state index contributed by atoms with van der Waals surface area (Å²) in [6.07, 6.45) is 0.563. The molecule has 0 aliphatic heterocycles. The second-order valence-electron chi connectivity index (χ2n) is 3.53. The first-order valence-corrected chi connectivity index (χ1v) is 7.54. The number of hydrogen-bond donors (Lipinski definition) is 0. The second-order valence-corrected chi connectivity index (χ2v) is 6.43. The Labute approximate surface area is 97.0 Å². The molecule has 6 heteroatoms. The Morgan fingerprint density at radius 1 is 1.47 bits per heavy atom. The van der Waals surface area contributed by atoms with Crippen molar-refractivity contribution in [3.63, 3.8) is 0 Å². The topological polar surface area (TPSA) is 46.6 Å². The molecule has 0 radical (unpaired) electrons. The minimum absolute atomic E-state index is 0.0325. The molecular weight excluding hydrogens is 238 g/mol. The summed E-state index contributed by atoms with van der Waals surface area (Å²) in [5, 5.41) is 0. The van der Waals surface area contributed by atoms with E-state index in [2.05, 4.69) is 11.8 Å². The van der Waals surface area contributed by atoms with Gasteiger partial charge in [0.25, 0.3) is 0 Å². The molecule has 0 saturated heterocycles. The summed E-state index contributed by atoms with van der Waals surface area (Å²) in [7, 11) is 3.44. The molecule has 0 aliphatic rings. The van der Waals surface area contributed by atoms with Crippen LogP contribution in [-0.2, 0) is 13.8 Å². The molecular formula is C9H20ClNO3S. The van der Waals surface area contributed by atoms with Crippen molar-refractivity contribution in [2.24, 2.45) is 0 Å². The highest BCUT2D eigenvalue weighted by atomic mass is 35.7. The van der Waals surface area contributed by atoms with Crippen molar-refractivity contribution in [3.8, 4) is 0 Å². The largest absolute Gasteiger partial charge is 0.383 e. The van der Waals surface area contributed by atoms with Crippen LogP contribution in [0.1, 0.15) is 20.3 Å². The predicted octanol–water partition coefficient (Wildman–Crippen LogP) is 1.30. The maximum Gasteiger partial charge on any atom is 0.232 e. The fourth-order valence-corrected chi connectivity index (χ4v) is 2.28. The summed E-state index contributed by atoms with van der Waals surface area (Å²) in [6, 6.07) is 0.304. The number of halogens is 1. The second kappa shape index (κ2) is 7.44. The van der Waals surface area contributed by atoms with Gasteiger partial charge >= 0.3 is 0 Å². The molecule has 0 bridgehead atoms. The Kier molecular flexibility index (Phi) is 7.52. The summed E-state index contributed by atoms with van der Waals surface area (Å²) >= 11 is 0. The number of ether oxygens (including phenoxy) is 1. The van der Waals surface area contributed by atoms with Gasteiger partial charge in [-0.05, 0) is 26.4 Å². The molecule has 0 aliphatic carbocycles. The normalized spacial score (nSPS) is 14.5. The van der Waals surface area contributed by atoms with E-state index >= 15 is 0 Å². The Balaban J connectivity index is 3.90. The van der Waals surface area contributed by atoms with Gasteiger partial charge in [0.1, 0.15) is 0 Å². The van der Waals surface area contributed by atoms with Crippen molar-refractivity contribution in [1.29, 1.82) is 0 Å². The molecule has 0 N–H and O–H groups in total. The van der Waals surface area contributed by atoms with Crippen LogP contribution in [0.5, 0.6) is 0 Å². The van der Waals surface area contributed by atoms with Crippen LogP contribution in [0.4, 0.5) is 0 Å². The fraction of sp³-hybridized carbons (Fsp3) is 1.00. The molecule has 92 valence electrons. The van der Waals surface area contributed by atoms with Crippen LogP contribution in [0.3, 0.4) is 0 Å². The highest BCUT2D eigenvalue weighted by molar-refractivity contribution is 8.13. The third kappa shape index (κ3) is 8.02. The molecule has 0 aromatic heterocycles. The Morgan fingerprint density at radius 2 is 2.07 bits per heavy atom. The van der Waals surface area contributed by atoms with Gasteiger partial charge in [-0.15, -0.1) is 0 Å². The van der Waals surface area contributed by atoms with Crippen molar-refractivity contribution in [2.45, 2.75) is 26.3 Å². The zero-order valence-corrected chi connectivity index (χ0v) is 11.1. The predicted molar refractivity (Wildman–Crippen MR) is 62.8 cm³/mol. The van der Waals surface area contributed by atoms with E-state index < -0.39 is 9.05 Å². The number of rotatable bonds is 8. The SMILES string of the molecule is CCN(CCCS(=O)(=O)Cl)C(C)COC. The maximum absolute atomic E-state index is 10.7. The zero-order valence-electron chi connectivity index (χ0n) is 9.57. The third-order valence-corrected chi connectivity index (χ3v) is 3.51. The van der Waals surface area contributed by atoms with E-state index in [0.717, 1.165) is 13.1 Å². The van der Waals surface area contributed by atoms with Crippen LogP contribution in [0, 0.1) is 0 Å². The standard InChI is InChI=1S/C9H20ClNO3S/c1-4-11(9(2)8-14-3)6-5-7-15(10,12)13/h9H,4-8H2,1-3H3. The van der Waals surface area contributed by atoms with Crippen molar-refractivity contribution in [3.05, 3.63) is 0 Å². The van der Waals surface area contributed by atoms with Crippen LogP contribution in [0.15, 0.2) is 0 Å². The number of methoxy groups -OCH3 is 1. The summed E-state index contributed by atoms with van der Waals surface area (Å²) < 4.78 is 26.5. The fourth-order valence-electron chi connectivity index (χ4n) is 1.48. The van der Waals surface area contributed by atoms with Crippen LogP contribution in [0.25, 0.3) is 0 Å². The van der Waals surface area contributed by atoms with Crippen molar-refractivity contribution >= 4 is 19.7 Å².